The lowest BCUT2D eigenvalue weighted by Crippen LogP contribution is -2.68. The fourth-order valence-electron chi connectivity index (χ4n) is 8.59. The van der Waals surface area contributed by atoms with Gasteiger partial charge in [-0.25, -0.2) is 0 Å². The molecule has 3 aliphatic carbocycles. The van der Waals surface area contributed by atoms with Crippen molar-refractivity contribution in [2.75, 3.05) is 39.6 Å². The van der Waals surface area contributed by atoms with Gasteiger partial charge in [-0.1, -0.05) is 77.9 Å². The summed E-state index contributed by atoms with van der Waals surface area (Å²) in [5, 5.41) is 20.1. The Hall–Kier alpha value is -3.77. The van der Waals surface area contributed by atoms with Crippen LogP contribution in [-0.2, 0) is 28.8 Å². The second-order valence-corrected chi connectivity index (χ2v) is 23.5. The Morgan fingerprint density at radius 2 is 1.69 bits per heavy atom. The summed E-state index contributed by atoms with van der Waals surface area (Å²) < 4.78 is 19.5. The van der Waals surface area contributed by atoms with Crippen LogP contribution in [0.25, 0.3) is 5.76 Å². The molecule has 1 aromatic heterocycles. The molecule has 10 nitrogen and oxygen atoms in total. The number of ketones is 2. The quantitative estimate of drug-likeness (QED) is 0.156. The van der Waals surface area contributed by atoms with Gasteiger partial charge in [0.25, 0.3) is 5.88 Å². The van der Waals surface area contributed by atoms with Gasteiger partial charge in [0.15, 0.2) is 19.7 Å². The van der Waals surface area contributed by atoms with Gasteiger partial charge in [-0.05, 0) is 90.7 Å². The number of fused-ring (bicyclic) bond motifs is 4. The van der Waals surface area contributed by atoms with Gasteiger partial charge in [0.1, 0.15) is 17.9 Å². The van der Waals surface area contributed by atoms with E-state index in [1.807, 2.05) is 70.3 Å². The van der Waals surface area contributed by atoms with Crippen LogP contribution >= 0.6 is 0 Å². The van der Waals surface area contributed by atoms with E-state index >= 15 is 9.59 Å². The molecule has 2 N–H and O–H groups in total. The van der Waals surface area contributed by atoms with Crippen LogP contribution in [0.4, 0.5) is 5.69 Å². The SMILES string of the molecule is Cc1cc(CNCC(C)(C)C)c(N(C)C)c2c1C(O)=C1C(=O)[C@]3(O[Si](C)(C)C(C)(C)C)C(=O)c4c(OCc5ccccc5)noc4[C@@H](N(C)C)[C@@H]3C[C@@H]1C2. The summed E-state index contributed by atoms with van der Waals surface area (Å²) in [6.07, 6.45) is 0.962. The maximum absolute atomic E-state index is 15.7. The molecule has 292 valence electrons. The molecule has 0 spiro atoms. The molecule has 0 unspecified atom stereocenters. The van der Waals surface area contributed by atoms with Crippen molar-refractivity contribution in [2.45, 2.75) is 104 Å². The first-order valence-corrected chi connectivity index (χ1v) is 22.1. The molecule has 3 aliphatic rings. The average molecular weight is 757 g/mol. The Labute approximate surface area is 322 Å². The fraction of sp³-hybridized carbons (Fsp3) is 0.558. The first kappa shape index (κ1) is 39.9. The number of benzene rings is 2. The monoisotopic (exact) mass is 756 g/mol. The number of Topliss-reactive ketones (excluding diaryl/α,β-unsaturated/α-hetero) is 2. The Bertz CT molecular complexity index is 1970. The lowest BCUT2D eigenvalue weighted by atomic mass is 9.57. The number of hydrogen-bond donors (Lipinski definition) is 2. The third-order valence-corrected chi connectivity index (χ3v) is 16.4. The maximum Gasteiger partial charge on any atom is 0.265 e. The van der Waals surface area contributed by atoms with Crippen LogP contribution in [0.15, 0.2) is 46.5 Å². The van der Waals surface area contributed by atoms with Crippen LogP contribution in [0.5, 0.6) is 5.88 Å². The number of carbonyl (C=O) groups is 2. The third kappa shape index (κ3) is 6.75. The standard InChI is InChI=1S/C43H60N4O6Si/c1-25-19-28(22-44-24-41(2,3)4)34(46(8)9)29-20-27-21-30-35(47(10)11)37-33(40(45-52-37)51-23-26-17-15-14-16-18-26)39(50)43(30,53-54(12,13)42(5,6)7)38(49)32(27)36(48)31(25)29/h14-19,27,30,35,44,48H,20-24H2,1-13H3/t27-,30-,35-,43-/m0/s1. The zero-order chi connectivity index (χ0) is 39.7. The van der Waals surface area contributed by atoms with Crippen molar-refractivity contribution in [1.29, 1.82) is 0 Å². The van der Waals surface area contributed by atoms with Crippen molar-refractivity contribution >= 4 is 31.3 Å². The van der Waals surface area contributed by atoms with E-state index in [9.17, 15) is 5.11 Å². The van der Waals surface area contributed by atoms with Gasteiger partial charge in [0.05, 0.1) is 6.04 Å². The van der Waals surface area contributed by atoms with Crippen LogP contribution in [0.3, 0.4) is 0 Å². The number of aliphatic hydroxyl groups is 1. The molecular weight excluding hydrogens is 697 g/mol. The minimum Gasteiger partial charge on any atom is -0.507 e. The highest BCUT2D eigenvalue weighted by Crippen LogP contribution is 2.59. The van der Waals surface area contributed by atoms with Gasteiger partial charge in [-0.2, -0.15) is 0 Å². The van der Waals surface area contributed by atoms with Crippen molar-refractivity contribution in [1.82, 2.24) is 15.4 Å². The van der Waals surface area contributed by atoms with E-state index in [1.54, 1.807) is 0 Å². The molecule has 0 aliphatic heterocycles. The molecule has 0 bridgehead atoms. The van der Waals surface area contributed by atoms with Gasteiger partial charge < -0.3 is 29.0 Å². The topological polar surface area (TPSA) is 117 Å². The number of aliphatic hydroxyl groups excluding tert-OH is 1. The lowest BCUT2D eigenvalue weighted by Gasteiger charge is -2.55. The normalized spacial score (nSPS) is 22.9. The van der Waals surface area contributed by atoms with Gasteiger partial charge in [0.2, 0.25) is 11.6 Å². The van der Waals surface area contributed by atoms with Crippen LogP contribution in [0.2, 0.25) is 18.1 Å². The minimum atomic E-state index is -2.84. The number of anilines is 1. The number of hydrogen-bond acceptors (Lipinski definition) is 10. The number of nitrogens with one attached hydrogen (secondary N) is 1. The molecular formula is C43H60N4O6Si. The number of aromatic nitrogens is 1. The predicted octanol–water partition coefficient (Wildman–Crippen LogP) is 8.05. The van der Waals surface area contributed by atoms with Crippen LogP contribution in [0, 0.1) is 24.2 Å². The third-order valence-electron chi connectivity index (χ3n) is 12.0. The number of carbonyl (C=O) groups excluding carboxylic acids is 2. The highest BCUT2D eigenvalue weighted by molar-refractivity contribution is 6.74. The Morgan fingerprint density at radius 1 is 1.02 bits per heavy atom. The maximum atomic E-state index is 15.7. The fourth-order valence-corrected chi connectivity index (χ4v) is 10.0. The predicted molar refractivity (Wildman–Crippen MR) is 216 cm³/mol. The van der Waals surface area contributed by atoms with Gasteiger partial charge in [0, 0.05) is 49.9 Å². The highest BCUT2D eigenvalue weighted by Gasteiger charge is 2.69. The molecule has 11 heteroatoms. The van der Waals surface area contributed by atoms with Gasteiger partial charge >= 0.3 is 0 Å². The zero-order valence-electron chi connectivity index (χ0n) is 34.6. The molecule has 2 aromatic carbocycles. The lowest BCUT2D eigenvalue weighted by molar-refractivity contribution is -0.140. The number of rotatable bonds is 10. The summed E-state index contributed by atoms with van der Waals surface area (Å²) in [4.78, 5) is 35.3. The average Bonchev–Trinajstić information content (AvgIpc) is 3.47. The van der Waals surface area contributed by atoms with Crippen molar-refractivity contribution in [3.8, 4) is 5.88 Å². The van der Waals surface area contributed by atoms with E-state index in [0.29, 0.717) is 30.7 Å². The second kappa shape index (κ2) is 14.1. The van der Waals surface area contributed by atoms with Crippen LogP contribution in [0.1, 0.15) is 97.9 Å². The molecule has 3 aromatic rings. The molecule has 1 saturated carbocycles. The minimum absolute atomic E-state index is 0.0449. The summed E-state index contributed by atoms with van der Waals surface area (Å²) >= 11 is 0. The summed E-state index contributed by atoms with van der Waals surface area (Å²) in [5.41, 5.74) is 4.29. The number of ether oxygens (including phenoxy) is 1. The molecule has 6 rings (SSSR count). The molecule has 1 heterocycles. The van der Waals surface area contributed by atoms with E-state index in [1.165, 1.54) is 0 Å². The molecule has 0 amide bonds. The molecule has 0 saturated heterocycles. The first-order chi connectivity index (χ1) is 25.1. The largest absolute Gasteiger partial charge is 0.507 e. The Morgan fingerprint density at radius 3 is 2.28 bits per heavy atom. The number of aryl methyl sites for hydroxylation is 1. The van der Waals surface area contributed by atoms with E-state index in [2.05, 4.69) is 76.1 Å². The van der Waals surface area contributed by atoms with Crippen LogP contribution in [-0.4, -0.2) is 75.4 Å². The van der Waals surface area contributed by atoms with Gasteiger partial charge in [-0.3, -0.25) is 14.5 Å². The zero-order valence-corrected chi connectivity index (χ0v) is 35.6. The van der Waals surface area contributed by atoms with E-state index in [-0.39, 0.29) is 45.8 Å². The highest BCUT2D eigenvalue weighted by atomic mass is 28.4. The molecule has 54 heavy (non-hydrogen) atoms. The summed E-state index contributed by atoms with van der Waals surface area (Å²) in [6.45, 7) is 20.8. The Kier molecular flexibility index (Phi) is 10.4. The van der Waals surface area contributed by atoms with Crippen LogP contribution < -0.4 is 15.0 Å². The van der Waals surface area contributed by atoms with Crippen molar-refractivity contribution in [2.24, 2.45) is 17.3 Å². The Balaban J connectivity index is 1.54. The molecule has 4 atom stereocenters. The van der Waals surface area contributed by atoms with Crippen molar-refractivity contribution < 1.29 is 28.4 Å². The second-order valence-electron chi connectivity index (χ2n) is 18.8. The summed E-state index contributed by atoms with van der Waals surface area (Å²) in [5.74, 6) is -1.56. The first-order valence-electron chi connectivity index (χ1n) is 19.2. The van der Waals surface area contributed by atoms with Crippen molar-refractivity contribution in [3.05, 3.63) is 81.1 Å². The van der Waals surface area contributed by atoms with E-state index < -0.39 is 37.4 Å². The smallest absolute Gasteiger partial charge is 0.265 e. The molecule has 1 fully saturated rings. The summed E-state index contributed by atoms with van der Waals surface area (Å²) in [6, 6.07) is 11.2. The van der Waals surface area contributed by atoms with E-state index in [0.717, 1.165) is 34.5 Å². The molecule has 0 radical (unpaired) electrons. The number of nitrogens with zero attached hydrogens (tertiary/aromatic N) is 3. The van der Waals surface area contributed by atoms with E-state index in [4.69, 9.17) is 13.7 Å². The summed E-state index contributed by atoms with van der Waals surface area (Å²) in [7, 11) is 5.09. The van der Waals surface area contributed by atoms with Gasteiger partial charge in [-0.15, -0.1) is 0 Å². The van der Waals surface area contributed by atoms with Crippen molar-refractivity contribution in [3.63, 3.8) is 0 Å².